The van der Waals surface area contributed by atoms with Crippen molar-refractivity contribution >= 4 is 29.1 Å². The molecule has 0 bridgehead atoms. The number of alkyl halides is 2. The summed E-state index contributed by atoms with van der Waals surface area (Å²) in [5.74, 6) is -2.10. The van der Waals surface area contributed by atoms with Crippen molar-refractivity contribution in [3.8, 4) is 0 Å². The van der Waals surface area contributed by atoms with Crippen LogP contribution in [0.4, 0.5) is 4.39 Å². The lowest BCUT2D eigenvalue weighted by Gasteiger charge is -2.62. The van der Waals surface area contributed by atoms with Crippen LogP contribution in [0.25, 0.3) is 0 Å². The Morgan fingerprint density at radius 1 is 1.24 bits per heavy atom. The fraction of sp³-hybridized carbons (Fsp3) is 0.741. The van der Waals surface area contributed by atoms with Gasteiger partial charge in [-0.05, 0) is 69.4 Å². The number of aliphatic hydroxyl groups excluding tert-OH is 1. The van der Waals surface area contributed by atoms with Gasteiger partial charge in [0, 0.05) is 29.1 Å². The normalized spacial score (nSPS) is 47.4. The number of hydrogen-bond acceptors (Lipinski definition) is 5. The average molecular weight is 493 g/mol. The lowest BCUT2D eigenvalue weighted by Crippen LogP contribution is -2.70. The summed E-state index contributed by atoms with van der Waals surface area (Å²) in [5, 5.41) is 11.5. The first-order valence-electron chi connectivity index (χ1n) is 12.6. The van der Waals surface area contributed by atoms with Crippen molar-refractivity contribution in [2.75, 3.05) is 5.88 Å². The maximum atomic E-state index is 17.3. The third kappa shape index (κ3) is 2.97. The molecule has 0 radical (unpaired) electrons. The van der Waals surface area contributed by atoms with E-state index >= 15 is 4.39 Å². The third-order valence-electron chi connectivity index (χ3n) is 10.1. The molecule has 4 fully saturated rings. The minimum absolute atomic E-state index is 0.0149. The van der Waals surface area contributed by atoms with Gasteiger partial charge < -0.3 is 9.84 Å². The van der Waals surface area contributed by atoms with Crippen molar-refractivity contribution in [1.29, 1.82) is 0 Å². The second kappa shape index (κ2) is 7.73. The summed E-state index contributed by atoms with van der Waals surface area (Å²) in [6.07, 6.45) is 6.88. The molecule has 0 saturated heterocycles. The van der Waals surface area contributed by atoms with Gasteiger partial charge >= 0.3 is 5.97 Å². The highest BCUT2D eigenvalue weighted by atomic mass is 35.5. The molecular weight excluding hydrogens is 459 g/mol. The molecule has 0 amide bonds. The van der Waals surface area contributed by atoms with E-state index in [0.29, 0.717) is 30.8 Å². The molecule has 0 aromatic carbocycles. The Morgan fingerprint density at radius 2 is 1.94 bits per heavy atom. The molecule has 4 saturated carbocycles. The molecule has 0 aromatic rings. The average Bonchev–Trinajstić information content (AvgIpc) is 3.56. The zero-order chi connectivity index (χ0) is 24.7. The van der Waals surface area contributed by atoms with E-state index < -0.39 is 40.1 Å². The summed E-state index contributed by atoms with van der Waals surface area (Å²) in [5.41, 5.74) is -4.80. The van der Waals surface area contributed by atoms with Crippen LogP contribution in [-0.2, 0) is 19.1 Å². The van der Waals surface area contributed by atoms with Crippen LogP contribution >= 0.6 is 11.6 Å². The minimum Gasteiger partial charge on any atom is -0.450 e. The first kappa shape index (κ1) is 24.2. The molecule has 7 heteroatoms. The molecule has 0 heterocycles. The zero-order valence-corrected chi connectivity index (χ0v) is 20.9. The second-order valence-electron chi connectivity index (χ2n) is 11.8. The van der Waals surface area contributed by atoms with E-state index in [2.05, 4.69) is 0 Å². The molecule has 0 aromatic heterocycles. The van der Waals surface area contributed by atoms with Crippen LogP contribution in [0.2, 0.25) is 0 Å². The number of hydrogen-bond donors (Lipinski definition) is 1. The molecule has 8 atom stereocenters. The van der Waals surface area contributed by atoms with Gasteiger partial charge in [-0.1, -0.05) is 25.5 Å². The topological polar surface area (TPSA) is 80.7 Å². The van der Waals surface area contributed by atoms with E-state index in [4.69, 9.17) is 16.3 Å². The quantitative estimate of drug-likeness (QED) is 0.451. The van der Waals surface area contributed by atoms with E-state index in [0.717, 1.165) is 12.8 Å². The number of halogens is 2. The molecular formula is C27H34ClFO5. The second-order valence-corrected chi connectivity index (χ2v) is 12.1. The number of carbonyl (C=O) groups is 3. The van der Waals surface area contributed by atoms with Crippen molar-refractivity contribution in [3.05, 3.63) is 23.8 Å². The molecule has 5 aliphatic rings. The highest BCUT2D eigenvalue weighted by Gasteiger charge is 2.77. The summed E-state index contributed by atoms with van der Waals surface area (Å²) in [6, 6.07) is 0. The summed E-state index contributed by atoms with van der Waals surface area (Å²) < 4.78 is 23.4. The Labute approximate surface area is 205 Å². The molecule has 4 unspecified atom stereocenters. The Hall–Kier alpha value is -1.53. The summed E-state index contributed by atoms with van der Waals surface area (Å²) >= 11 is 6.08. The maximum absolute atomic E-state index is 17.3. The Bertz CT molecular complexity index is 1000. The van der Waals surface area contributed by atoms with Gasteiger partial charge in [-0.3, -0.25) is 14.4 Å². The number of aliphatic hydroxyl groups is 1. The number of ether oxygens (including phenoxy) is 1. The number of fused-ring (bicyclic) bond motifs is 5. The van der Waals surface area contributed by atoms with Crippen molar-refractivity contribution < 1.29 is 28.6 Å². The van der Waals surface area contributed by atoms with Crippen LogP contribution in [0.5, 0.6) is 0 Å². The minimum atomic E-state index is -1.99. The molecule has 5 nitrogen and oxygen atoms in total. The van der Waals surface area contributed by atoms with Gasteiger partial charge in [-0.15, -0.1) is 11.6 Å². The van der Waals surface area contributed by atoms with Gasteiger partial charge in [0.2, 0.25) is 0 Å². The van der Waals surface area contributed by atoms with Crippen molar-refractivity contribution in [3.63, 3.8) is 0 Å². The van der Waals surface area contributed by atoms with Crippen LogP contribution < -0.4 is 0 Å². The largest absolute Gasteiger partial charge is 0.450 e. The predicted octanol–water partition coefficient (Wildman–Crippen LogP) is 4.49. The highest BCUT2D eigenvalue weighted by Crippen LogP contribution is 2.71. The SMILES string of the molecule is C[C@H]1CC2C3CCC4=CC(=O)C=CC4(C)[C@@]3(F)[C@@H](O)CC2(C)[C@@]1(OC(=O)CC1CC1)C(=O)CCl. The monoisotopic (exact) mass is 492 g/mol. The van der Waals surface area contributed by atoms with Crippen LogP contribution in [0.3, 0.4) is 0 Å². The van der Waals surface area contributed by atoms with E-state index in [-0.39, 0.29) is 42.1 Å². The molecule has 1 N–H and O–H groups in total. The van der Waals surface area contributed by atoms with Gasteiger partial charge in [-0.25, -0.2) is 4.39 Å². The van der Waals surface area contributed by atoms with Gasteiger partial charge in [0.05, 0.1) is 12.0 Å². The molecule has 0 spiro atoms. The first-order chi connectivity index (χ1) is 15.9. The van der Waals surface area contributed by atoms with E-state index in [1.807, 2.05) is 13.8 Å². The molecule has 186 valence electrons. The number of rotatable bonds is 5. The lowest BCUT2D eigenvalue weighted by molar-refractivity contribution is -0.227. The Balaban J connectivity index is 1.58. The lowest BCUT2D eigenvalue weighted by atomic mass is 9.44. The van der Waals surface area contributed by atoms with E-state index in [9.17, 15) is 19.5 Å². The fourth-order valence-electron chi connectivity index (χ4n) is 8.28. The predicted molar refractivity (Wildman–Crippen MR) is 125 cm³/mol. The number of Topliss-reactive ketones (excluding diaryl/α,β-unsaturated/α-hetero) is 1. The Kier molecular flexibility index (Phi) is 5.50. The standard InChI is InChI=1S/C27H34ClFO5/c1-15-10-20-19-7-6-17-12-18(30)8-9-24(17,2)26(19,29)21(31)13-25(20,3)27(15,22(32)14-28)34-23(33)11-16-4-5-16/h8-9,12,15-16,19-21,31H,4-7,10-11,13-14H2,1-3H3/t15-,19?,20?,21-,24?,25?,26-,27-/m0/s1. The van der Waals surface area contributed by atoms with Crippen molar-refractivity contribution in [2.45, 2.75) is 83.1 Å². The van der Waals surface area contributed by atoms with Gasteiger partial charge in [0.15, 0.2) is 22.8 Å². The number of esters is 1. The smallest absolute Gasteiger partial charge is 0.307 e. The van der Waals surface area contributed by atoms with Crippen LogP contribution in [0.1, 0.15) is 65.7 Å². The van der Waals surface area contributed by atoms with Crippen LogP contribution in [-0.4, -0.2) is 45.9 Å². The van der Waals surface area contributed by atoms with Gasteiger partial charge in [0.1, 0.15) is 0 Å². The summed E-state index contributed by atoms with van der Waals surface area (Å²) in [7, 11) is 0. The van der Waals surface area contributed by atoms with Crippen molar-refractivity contribution in [2.24, 2.45) is 34.5 Å². The van der Waals surface area contributed by atoms with E-state index in [1.165, 1.54) is 12.2 Å². The molecule has 34 heavy (non-hydrogen) atoms. The first-order valence-corrected chi connectivity index (χ1v) is 13.1. The third-order valence-corrected chi connectivity index (χ3v) is 10.4. The van der Waals surface area contributed by atoms with Crippen LogP contribution in [0.15, 0.2) is 23.8 Å². The summed E-state index contributed by atoms with van der Waals surface area (Å²) in [6.45, 7) is 5.54. The summed E-state index contributed by atoms with van der Waals surface area (Å²) in [4.78, 5) is 38.4. The number of carbonyl (C=O) groups excluding carboxylic acids is 3. The molecule has 5 rings (SSSR count). The fourth-order valence-corrected chi connectivity index (χ4v) is 8.48. The number of allylic oxidation sites excluding steroid dienone is 4. The number of ketones is 2. The van der Waals surface area contributed by atoms with Crippen LogP contribution in [0, 0.1) is 34.5 Å². The Morgan fingerprint density at radius 3 is 2.59 bits per heavy atom. The zero-order valence-electron chi connectivity index (χ0n) is 20.1. The van der Waals surface area contributed by atoms with Gasteiger partial charge in [0.25, 0.3) is 0 Å². The van der Waals surface area contributed by atoms with E-state index in [1.54, 1.807) is 13.0 Å². The highest BCUT2D eigenvalue weighted by molar-refractivity contribution is 6.29. The molecule has 5 aliphatic carbocycles. The van der Waals surface area contributed by atoms with Crippen molar-refractivity contribution in [1.82, 2.24) is 0 Å². The maximum Gasteiger partial charge on any atom is 0.307 e. The molecule has 0 aliphatic heterocycles. The van der Waals surface area contributed by atoms with Gasteiger partial charge in [-0.2, -0.15) is 0 Å².